The largest absolute Gasteiger partial charge is 0.488 e. The minimum absolute atomic E-state index is 0.195. The molecular weight excluding hydrogens is 463 g/mol. The first-order chi connectivity index (χ1) is 16.8. The molecule has 2 amide bonds. The maximum Gasteiger partial charge on any atom is 0.488 e. The van der Waals surface area contributed by atoms with Gasteiger partial charge >= 0.3 is 7.12 Å². The Morgan fingerprint density at radius 2 is 1.80 bits per heavy atom. The Kier molecular flexibility index (Phi) is 15.7. The number of thioether (sulfide) groups is 1. The predicted molar refractivity (Wildman–Crippen MR) is 146 cm³/mol. The van der Waals surface area contributed by atoms with Gasteiger partial charge in [-0.05, 0) is 61.4 Å². The molecule has 0 aromatic heterocycles. The van der Waals surface area contributed by atoms with Gasteiger partial charge in [0, 0.05) is 37.4 Å². The van der Waals surface area contributed by atoms with Gasteiger partial charge in [0.15, 0.2) is 0 Å². The average molecular weight is 507 g/mol. The van der Waals surface area contributed by atoms with Crippen LogP contribution in [0.15, 0.2) is 36.4 Å². The fourth-order valence-corrected chi connectivity index (χ4v) is 5.46. The Hall–Kier alpha value is -1.81. The third kappa shape index (κ3) is 11.2. The summed E-state index contributed by atoms with van der Waals surface area (Å²) in [6, 6.07) is 6.54. The second-order valence-corrected chi connectivity index (χ2v) is 9.92. The van der Waals surface area contributed by atoms with Crippen LogP contribution in [0, 0.1) is 5.92 Å². The van der Waals surface area contributed by atoms with Crippen molar-refractivity contribution >= 4 is 36.2 Å². The molecule has 196 valence electrons. The fraction of sp³-hybridized carbons (Fsp3) is 0.615. The van der Waals surface area contributed by atoms with Crippen molar-refractivity contribution in [3.63, 3.8) is 0 Å². The normalized spacial score (nSPS) is 25.4. The molecule has 4 rings (SSSR count). The van der Waals surface area contributed by atoms with Crippen molar-refractivity contribution in [2.24, 2.45) is 5.92 Å². The van der Waals surface area contributed by atoms with Crippen LogP contribution in [0.4, 0.5) is 0 Å². The van der Waals surface area contributed by atoms with Crippen molar-refractivity contribution in [1.82, 2.24) is 10.6 Å². The Labute approximate surface area is 215 Å². The summed E-state index contributed by atoms with van der Waals surface area (Å²) in [7, 11) is 1.87. The lowest BCUT2D eigenvalue weighted by atomic mass is 9.80. The van der Waals surface area contributed by atoms with Gasteiger partial charge in [-0.25, -0.2) is 0 Å². The number of ether oxygens (including phenoxy) is 1. The lowest BCUT2D eigenvalue weighted by Crippen LogP contribution is -2.32. The molecule has 7 nitrogen and oxygen atoms in total. The van der Waals surface area contributed by atoms with Gasteiger partial charge in [0.05, 0.1) is 6.10 Å². The topological polar surface area (TPSA) is 108 Å². The number of nitrogens with one attached hydrogen (secondary N) is 2. The number of hydrogen-bond donors (Lipinski definition) is 4. The predicted octanol–water partition coefficient (Wildman–Crippen LogP) is 2.90. The van der Waals surface area contributed by atoms with E-state index >= 15 is 0 Å². The Bertz CT molecular complexity index is 776. The first kappa shape index (κ1) is 31.2. The van der Waals surface area contributed by atoms with E-state index in [1.54, 1.807) is 0 Å². The highest BCUT2D eigenvalue weighted by Crippen LogP contribution is 2.36. The minimum atomic E-state index is -1.49. The second kappa shape index (κ2) is 17.6. The van der Waals surface area contributed by atoms with Gasteiger partial charge in [-0.2, -0.15) is 11.8 Å². The summed E-state index contributed by atoms with van der Waals surface area (Å²) in [6.45, 7) is 6.20. The maximum absolute atomic E-state index is 11.1. The van der Waals surface area contributed by atoms with Crippen LogP contribution in [0.5, 0.6) is 0 Å². The molecule has 3 aliphatic rings. The Morgan fingerprint density at radius 3 is 2.37 bits per heavy atom. The SMILES string of the molecule is CC.CC1SCC2CC(=O)NC21.CNC(=O)c1ccc(B(O)O)cc1.COC1CC/C=C/CCC1. The summed E-state index contributed by atoms with van der Waals surface area (Å²) >= 11 is 1.98. The summed E-state index contributed by atoms with van der Waals surface area (Å²) in [4.78, 5) is 21.9. The molecule has 35 heavy (non-hydrogen) atoms. The molecule has 9 heteroatoms. The molecule has 0 saturated carbocycles. The first-order valence-electron chi connectivity index (χ1n) is 12.6. The van der Waals surface area contributed by atoms with Crippen LogP contribution in [0.25, 0.3) is 0 Å². The van der Waals surface area contributed by atoms with E-state index in [9.17, 15) is 9.59 Å². The van der Waals surface area contributed by atoms with E-state index in [0.717, 1.165) is 6.42 Å². The quantitative estimate of drug-likeness (QED) is 0.371. The van der Waals surface area contributed by atoms with E-state index in [1.165, 1.54) is 69.2 Å². The third-order valence-corrected chi connectivity index (χ3v) is 7.55. The minimum Gasteiger partial charge on any atom is -0.423 e. The van der Waals surface area contributed by atoms with Crippen molar-refractivity contribution in [2.75, 3.05) is 19.9 Å². The first-order valence-corrected chi connectivity index (χ1v) is 13.7. The molecule has 2 saturated heterocycles. The number of fused-ring (bicyclic) bond motifs is 1. The third-order valence-electron chi connectivity index (χ3n) is 6.11. The van der Waals surface area contributed by atoms with Crippen LogP contribution in [-0.2, 0) is 9.53 Å². The van der Waals surface area contributed by atoms with E-state index in [0.29, 0.717) is 34.3 Å². The van der Waals surface area contributed by atoms with E-state index in [-0.39, 0.29) is 11.8 Å². The van der Waals surface area contributed by atoms with Crippen molar-refractivity contribution in [3.8, 4) is 0 Å². The van der Waals surface area contributed by atoms with Gasteiger partial charge in [0.1, 0.15) is 0 Å². The fourth-order valence-electron chi connectivity index (χ4n) is 4.08. The van der Waals surface area contributed by atoms with E-state index in [1.807, 2.05) is 32.7 Å². The molecule has 4 unspecified atom stereocenters. The number of amides is 2. The molecule has 4 atom stereocenters. The molecule has 2 fully saturated rings. The number of carbonyl (C=O) groups is 2. The van der Waals surface area contributed by atoms with Crippen molar-refractivity contribution in [1.29, 1.82) is 0 Å². The molecule has 0 bridgehead atoms. The molecular formula is C26H43BN2O5S. The Balaban J connectivity index is 0.000000256. The monoisotopic (exact) mass is 506 g/mol. The zero-order chi connectivity index (χ0) is 26.2. The highest BCUT2D eigenvalue weighted by Gasteiger charge is 2.40. The molecule has 1 aromatic carbocycles. The van der Waals surface area contributed by atoms with Gasteiger partial charge in [-0.1, -0.05) is 45.1 Å². The van der Waals surface area contributed by atoms with E-state index < -0.39 is 7.12 Å². The molecule has 0 radical (unpaired) electrons. The van der Waals surface area contributed by atoms with Crippen molar-refractivity contribution in [2.45, 2.75) is 76.7 Å². The van der Waals surface area contributed by atoms with E-state index in [4.69, 9.17) is 14.8 Å². The van der Waals surface area contributed by atoms with Crippen molar-refractivity contribution in [3.05, 3.63) is 42.0 Å². The number of hydrogen-bond acceptors (Lipinski definition) is 6. The zero-order valence-corrected chi connectivity index (χ0v) is 22.6. The van der Waals surface area contributed by atoms with Gasteiger partial charge < -0.3 is 25.4 Å². The molecule has 2 heterocycles. The summed E-state index contributed by atoms with van der Waals surface area (Å²) in [5.41, 5.74) is 0.861. The highest BCUT2D eigenvalue weighted by molar-refractivity contribution is 8.00. The van der Waals surface area contributed by atoms with Gasteiger partial charge in [0.25, 0.3) is 5.91 Å². The molecule has 1 aliphatic carbocycles. The van der Waals surface area contributed by atoms with Crippen LogP contribution in [0.2, 0.25) is 0 Å². The molecule has 2 aliphatic heterocycles. The maximum atomic E-state index is 11.1. The molecule has 1 aromatic rings. The van der Waals surface area contributed by atoms with E-state index in [2.05, 4.69) is 29.7 Å². The number of carbonyl (C=O) groups excluding carboxylic acids is 2. The lowest BCUT2D eigenvalue weighted by molar-refractivity contribution is -0.119. The summed E-state index contributed by atoms with van der Waals surface area (Å²) < 4.78 is 5.29. The molecule has 4 N–H and O–H groups in total. The van der Waals surface area contributed by atoms with Gasteiger partial charge in [-0.3, -0.25) is 9.59 Å². The van der Waals surface area contributed by atoms with Crippen molar-refractivity contribution < 1.29 is 24.4 Å². The standard InChI is InChI=1S/C9H16O.C8H10BNO3.C7H11NOS.C2H6/c1-10-9-7-5-3-2-4-6-8-9;1-10-8(11)6-2-4-7(5-3-6)9(12)13;1-4-7-5(3-10-4)2-6(9)8-7;1-2/h2-3,9H,4-8H2,1H3;2-5,12-13H,1H3,(H,10,11);4-5,7H,2-3H2,1H3,(H,8,9);1-2H3/b3-2+;;;. The lowest BCUT2D eigenvalue weighted by Gasteiger charge is -2.14. The number of methoxy groups -OCH3 is 1. The van der Waals surface area contributed by atoms with Crippen LogP contribution in [-0.4, -0.2) is 66.3 Å². The number of allylic oxidation sites excluding steroid dienone is 2. The molecule has 0 spiro atoms. The zero-order valence-electron chi connectivity index (χ0n) is 21.8. The van der Waals surface area contributed by atoms with Crippen LogP contribution in [0.1, 0.15) is 69.7 Å². The summed E-state index contributed by atoms with van der Waals surface area (Å²) in [5, 5.41) is 23.6. The number of rotatable bonds is 3. The van der Waals surface area contributed by atoms with Gasteiger partial charge in [0.2, 0.25) is 5.91 Å². The van der Waals surface area contributed by atoms with Gasteiger partial charge in [-0.15, -0.1) is 0 Å². The summed E-state index contributed by atoms with van der Waals surface area (Å²) in [5.74, 6) is 1.86. The number of benzene rings is 1. The Morgan fingerprint density at radius 1 is 1.14 bits per heavy atom. The average Bonchev–Trinajstić information content (AvgIpc) is 3.40. The summed E-state index contributed by atoms with van der Waals surface area (Å²) in [6.07, 6.45) is 12.0. The second-order valence-electron chi connectivity index (χ2n) is 8.51. The van der Waals surface area contributed by atoms with Crippen LogP contribution >= 0.6 is 11.8 Å². The smallest absolute Gasteiger partial charge is 0.423 e. The van der Waals surface area contributed by atoms with Crippen LogP contribution < -0.4 is 16.1 Å². The van der Waals surface area contributed by atoms with Crippen LogP contribution in [0.3, 0.4) is 0 Å². The highest BCUT2D eigenvalue weighted by atomic mass is 32.2.